The second-order valence-electron chi connectivity index (χ2n) is 10.5. The van der Waals surface area contributed by atoms with Gasteiger partial charge in [0.25, 0.3) is 0 Å². The second kappa shape index (κ2) is 13.8. The summed E-state index contributed by atoms with van der Waals surface area (Å²) in [7, 11) is 0. The number of aliphatic imine (C=N–C) groups is 1. The van der Waals surface area contributed by atoms with Gasteiger partial charge < -0.3 is 4.90 Å². The van der Waals surface area contributed by atoms with Crippen molar-refractivity contribution in [3.8, 4) is 22.5 Å². The van der Waals surface area contributed by atoms with Crippen molar-refractivity contribution in [2.24, 2.45) is 10.9 Å². The van der Waals surface area contributed by atoms with Crippen molar-refractivity contribution in [2.75, 3.05) is 6.54 Å². The molecular weight excluding hydrogens is 500 g/mol. The van der Waals surface area contributed by atoms with Gasteiger partial charge in [0.15, 0.2) is 5.82 Å². The van der Waals surface area contributed by atoms with Crippen LogP contribution in [0.1, 0.15) is 70.8 Å². The van der Waals surface area contributed by atoms with E-state index in [9.17, 15) is 4.79 Å². The molecule has 0 saturated heterocycles. The van der Waals surface area contributed by atoms with Crippen molar-refractivity contribution in [2.45, 2.75) is 77.8 Å². The number of hydrogen-bond acceptors (Lipinski definition) is 5. The molecule has 3 aromatic rings. The summed E-state index contributed by atoms with van der Waals surface area (Å²) >= 11 is 0. The Kier molecular flexibility index (Phi) is 10.5. The number of nitrogens with zero attached hydrogens (tertiary/aromatic N) is 3. The molecular formula is C31H38CaN4O2. The number of nitrogens with one attached hydrogen (secondary N) is 1. The first-order chi connectivity index (χ1) is 18.1. The van der Waals surface area contributed by atoms with Gasteiger partial charge in [0.2, 0.25) is 0 Å². The van der Waals surface area contributed by atoms with E-state index in [2.05, 4.69) is 59.4 Å². The van der Waals surface area contributed by atoms with E-state index >= 15 is 0 Å². The van der Waals surface area contributed by atoms with E-state index in [-0.39, 0.29) is 43.9 Å². The Morgan fingerprint density at radius 1 is 1.03 bits per heavy atom. The van der Waals surface area contributed by atoms with E-state index in [1.165, 1.54) is 61.8 Å². The van der Waals surface area contributed by atoms with Gasteiger partial charge in [-0.05, 0) is 60.8 Å². The van der Waals surface area contributed by atoms with Crippen LogP contribution in [0.25, 0.3) is 22.5 Å². The van der Waals surface area contributed by atoms with Crippen LogP contribution in [0.2, 0.25) is 0 Å². The summed E-state index contributed by atoms with van der Waals surface area (Å²) in [6.07, 6.45) is 13.8. The van der Waals surface area contributed by atoms with Gasteiger partial charge in [-0.3, -0.25) is 14.5 Å². The molecule has 38 heavy (non-hydrogen) atoms. The maximum atomic E-state index is 11.5. The van der Waals surface area contributed by atoms with Crippen LogP contribution in [0.3, 0.4) is 0 Å². The summed E-state index contributed by atoms with van der Waals surface area (Å²) in [5, 5.41) is 3.89. The fourth-order valence-corrected chi connectivity index (χ4v) is 5.66. The molecule has 2 aliphatic rings. The maximum absolute atomic E-state index is 11.5. The van der Waals surface area contributed by atoms with Crippen molar-refractivity contribution < 1.29 is 4.52 Å². The van der Waals surface area contributed by atoms with Crippen LogP contribution in [0.15, 0.2) is 74.6 Å². The summed E-state index contributed by atoms with van der Waals surface area (Å²) < 4.78 is 4.73. The summed E-state index contributed by atoms with van der Waals surface area (Å²) in [4.78, 5) is 21.8. The van der Waals surface area contributed by atoms with E-state index in [0.717, 1.165) is 42.0 Å². The molecule has 2 heterocycles. The van der Waals surface area contributed by atoms with E-state index in [0.29, 0.717) is 5.82 Å². The molecule has 1 saturated carbocycles. The zero-order chi connectivity index (χ0) is 25.6. The zero-order valence-electron chi connectivity index (χ0n) is 22.8. The summed E-state index contributed by atoms with van der Waals surface area (Å²) in [6.45, 7) is 5.61. The van der Waals surface area contributed by atoms with Crippen LogP contribution in [-0.4, -0.2) is 71.2 Å². The number of H-pyrrole nitrogens is 1. The van der Waals surface area contributed by atoms with Gasteiger partial charge in [0.05, 0.1) is 0 Å². The van der Waals surface area contributed by atoms with Crippen molar-refractivity contribution >= 4 is 43.4 Å². The smallest absolute Gasteiger partial charge is 0.356 e. The third-order valence-electron chi connectivity index (χ3n) is 7.76. The topological polar surface area (TPSA) is 74.5 Å². The molecule has 0 spiro atoms. The minimum atomic E-state index is -0.548. The first-order valence-electron chi connectivity index (χ1n) is 13.9. The van der Waals surface area contributed by atoms with Gasteiger partial charge in [-0.1, -0.05) is 86.3 Å². The van der Waals surface area contributed by atoms with Crippen molar-refractivity contribution in [1.29, 1.82) is 0 Å². The molecule has 0 bridgehead atoms. The summed E-state index contributed by atoms with van der Waals surface area (Å²) in [5.74, 6) is 0.689. The number of aromatic nitrogens is 2. The SMILES string of the molecule is CCCCC1=NC(C)N(CC2CCCCC2)C=C1Cc1ccc(-c2ccccc2-c2noc(=O)[nH]2)cc1.[Ca]. The predicted molar refractivity (Wildman–Crippen MR) is 155 cm³/mol. The van der Waals surface area contributed by atoms with Crippen LogP contribution in [0.4, 0.5) is 0 Å². The maximum Gasteiger partial charge on any atom is 0.439 e. The van der Waals surface area contributed by atoms with E-state index < -0.39 is 5.76 Å². The zero-order valence-corrected chi connectivity index (χ0v) is 25.0. The number of hydrogen-bond donors (Lipinski definition) is 1. The summed E-state index contributed by atoms with van der Waals surface area (Å²) in [6, 6.07) is 16.6. The van der Waals surface area contributed by atoms with Crippen molar-refractivity contribution in [3.05, 3.63) is 76.4 Å². The first kappa shape index (κ1) is 28.8. The molecule has 1 aromatic heterocycles. The molecule has 0 amide bonds. The third-order valence-corrected chi connectivity index (χ3v) is 7.76. The molecule has 5 rings (SSSR count). The minimum absolute atomic E-state index is 0. The Morgan fingerprint density at radius 3 is 2.45 bits per heavy atom. The number of allylic oxidation sites excluding steroid dienone is 1. The number of aromatic amines is 1. The van der Waals surface area contributed by atoms with Gasteiger partial charge in [-0.15, -0.1) is 0 Å². The molecule has 1 fully saturated rings. The number of unbranched alkanes of at least 4 members (excludes halogenated alkanes) is 1. The average molecular weight is 539 g/mol. The Hall–Kier alpha value is -2.15. The number of benzene rings is 2. The fraction of sp³-hybridized carbons (Fsp3) is 0.452. The quantitative estimate of drug-likeness (QED) is 0.311. The Bertz CT molecular complexity index is 1300. The summed E-state index contributed by atoms with van der Waals surface area (Å²) in [5.41, 5.74) is 6.84. The van der Waals surface area contributed by atoms with E-state index in [4.69, 9.17) is 9.52 Å². The Balaban J connectivity index is 0.00000336. The molecule has 1 aliphatic carbocycles. The normalized spacial score (nSPS) is 18.1. The monoisotopic (exact) mass is 538 g/mol. The molecule has 1 atom stereocenters. The standard InChI is InChI=1S/C31H38N4O2.Ca/c1-3-4-14-29-26(21-35(22(2)32-29)20-24-10-6-5-7-11-24)19-23-15-17-25(18-16-23)27-12-8-9-13-28(27)30-33-31(36)37-34-30;/h8-9,12-13,15-18,21-22,24H,3-7,10-11,14,19-20H2,1-2H3,(H,33,34,36);. The second-order valence-corrected chi connectivity index (χ2v) is 10.5. The van der Waals surface area contributed by atoms with Gasteiger partial charge in [-0.25, -0.2) is 4.79 Å². The van der Waals surface area contributed by atoms with Crippen LogP contribution in [0.5, 0.6) is 0 Å². The molecule has 7 heteroatoms. The predicted octanol–water partition coefficient (Wildman–Crippen LogP) is 6.62. The molecule has 196 valence electrons. The van der Waals surface area contributed by atoms with E-state index in [1.807, 2.05) is 24.3 Å². The van der Waals surface area contributed by atoms with Crippen molar-refractivity contribution in [3.63, 3.8) is 0 Å². The largest absolute Gasteiger partial charge is 0.439 e. The molecule has 6 nitrogen and oxygen atoms in total. The first-order valence-corrected chi connectivity index (χ1v) is 13.9. The van der Waals surface area contributed by atoms with Crippen LogP contribution in [-0.2, 0) is 6.42 Å². The van der Waals surface area contributed by atoms with Gasteiger partial charge in [0, 0.05) is 68.2 Å². The van der Waals surface area contributed by atoms with Gasteiger partial charge in [0.1, 0.15) is 6.17 Å². The Labute approximate surface area is 255 Å². The Morgan fingerprint density at radius 2 is 1.76 bits per heavy atom. The van der Waals surface area contributed by atoms with Crippen LogP contribution in [0, 0.1) is 5.92 Å². The average Bonchev–Trinajstić information content (AvgIpc) is 3.36. The van der Waals surface area contributed by atoms with E-state index in [1.54, 1.807) is 0 Å². The molecule has 2 aromatic carbocycles. The molecule has 2 radical (unpaired) electrons. The molecule has 1 N–H and O–H groups in total. The fourth-order valence-electron chi connectivity index (χ4n) is 5.66. The van der Waals surface area contributed by atoms with Gasteiger partial charge >= 0.3 is 5.76 Å². The third kappa shape index (κ3) is 7.08. The van der Waals surface area contributed by atoms with Gasteiger partial charge in [-0.2, -0.15) is 0 Å². The molecule has 1 unspecified atom stereocenters. The van der Waals surface area contributed by atoms with Crippen molar-refractivity contribution in [1.82, 2.24) is 15.0 Å². The van der Waals surface area contributed by atoms with Crippen LogP contribution >= 0.6 is 0 Å². The number of rotatable bonds is 9. The minimum Gasteiger partial charge on any atom is -0.356 e. The molecule has 1 aliphatic heterocycles. The van der Waals surface area contributed by atoms with Crippen LogP contribution < -0.4 is 5.76 Å².